The summed E-state index contributed by atoms with van der Waals surface area (Å²) in [7, 11) is 1.66. The van der Waals surface area contributed by atoms with E-state index in [0.717, 1.165) is 56.1 Å². The van der Waals surface area contributed by atoms with Crippen molar-refractivity contribution in [2.45, 2.75) is 90.9 Å². The molecule has 3 heterocycles. The number of aryl methyl sites for hydroxylation is 1. The lowest BCUT2D eigenvalue weighted by Gasteiger charge is -2.54. The van der Waals surface area contributed by atoms with Gasteiger partial charge in [0.25, 0.3) is 0 Å². The number of benzene rings is 4. The number of nitrogens with zero attached hydrogens (tertiary/aromatic N) is 3. The molecule has 2 fully saturated rings. The van der Waals surface area contributed by atoms with Crippen LogP contribution in [0.1, 0.15) is 126 Å². The Labute approximate surface area is 375 Å². The predicted octanol–water partition coefficient (Wildman–Crippen LogP) is 9.16. The second kappa shape index (κ2) is 21.7. The van der Waals surface area contributed by atoms with Crippen molar-refractivity contribution >= 4 is 29.6 Å². The fraction of sp³-hybridized carbons (Fsp3) is 0.444. The van der Waals surface area contributed by atoms with E-state index in [1.165, 1.54) is 87.4 Å². The number of hydrogen-bond acceptors (Lipinski definition) is 7. The van der Waals surface area contributed by atoms with Crippen LogP contribution in [0, 0.1) is 11.3 Å². The quantitative estimate of drug-likeness (QED) is 0.0880. The molecule has 63 heavy (non-hydrogen) atoms. The van der Waals surface area contributed by atoms with E-state index in [2.05, 4.69) is 89.3 Å². The number of phenolic OH excluding ortho intramolecular Hbond substituents is 1. The Morgan fingerprint density at radius 1 is 0.825 bits per heavy atom. The number of fused-ring (bicyclic) bond motifs is 2. The topological polar surface area (TPSA) is 110 Å². The third-order valence-corrected chi connectivity index (χ3v) is 13.9. The second-order valence-corrected chi connectivity index (χ2v) is 18.1. The van der Waals surface area contributed by atoms with Crippen molar-refractivity contribution < 1.29 is 24.3 Å². The fourth-order valence-electron chi connectivity index (χ4n) is 10.1. The average molecular weight is 853 g/mol. The van der Waals surface area contributed by atoms with Gasteiger partial charge in [0.2, 0.25) is 12.3 Å². The SMILES string of the molecule is C=CCCC(C)C(=O)NC.CC(=O)c1cc2c(cc1C(C)=O)CCN(C=O)CC2.CCN1CC2(CCN(c3ccc(C4c5ccc(O)cc5CCC4c4ccccc4)cc3)CC2)C1. The number of piperidine rings is 1. The average Bonchev–Trinajstić information content (AvgIpc) is 3.51. The van der Waals surface area contributed by atoms with Gasteiger partial charge >= 0.3 is 0 Å². The van der Waals surface area contributed by atoms with Gasteiger partial charge in [-0.3, -0.25) is 19.2 Å². The molecule has 0 aromatic heterocycles. The Morgan fingerprint density at radius 2 is 1.44 bits per heavy atom. The first-order valence-electron chi connectivity index (χ1n) is 23.0. The van der Waals surface area contributed by atoms with Crippen LogP contribution >= 0.6 is 0 Å². The minimum absolute atomic E-state index is 0.0931. The lowest BCUT2D eigenvalue weighted by atomic mass is 9.69. The summed E-state index contributed by atoms with van der Waals surface area (Å²) in [4.78, 5) is 51.9. The largest absolute Gasteiger partial charge is 0.508 e. The molecule has 2 N–H and O–H groups in total. The lowest BCUT2D eigenvalue weighted by Crippen LogP contribution is -2.60. The highest BCUT2D eigenvalue weighted by atomic mass is 16.3. The minimum Gasteiger partial charge on any atom is -0.508 e. The van der Waals surface area contributed by atoms with E-state index in [1.54, 1.807) is 11.9 Å². The maximum atomic E-state index is 11.6. The Balaban J connectivity index is 0.000000191. The maximum Gasteiger partial charge on any atom is 0.222 e. The third kappa shape index (κ3) is 11.5. The monoisotopic (exact) mass is 853 g/mol. The van der Waals surface area contributed by atoms with Crippen molar-refractivity contribution in [1.82, 2.24) is 15.1 Å². The van der Waals surface area contributed by atoms with Gasteiger partial charge in [0.05, 0.1) is 0 Å². The van der Waals surface area contributed by atoms with Gasteiger partial charge in [-0.25, -0.2) is 0 Å². The molecule has 2 amide bonds. The Bertz CT molecular complexity index is 2160. The number of likely N-dealkylation sites (tertiary alicyclic amines) is 1. The smallest absolute Gasteiger partial charge is 0.222 e. The zero-order valence-electron chi connectivity index (χ0n) is 38.2. The standard InChI is InChI=1S/C31H36N2O.C15H17NO3.C8H15NO/c1-2-32-21-31(22-32)16-18-33(19-17-31)26-11-8-24(9-12-26)30-28(23-6-4-3-5-7-23)14-10-25-20-27(34)13-15-29(25)30;1-10(18)14-7-12-3-5-16(9-17)6-4-13(12)8-15(14)11(2)19;1-4-5-6-7(2)8(10)9-3/h3-9,11-13,15,20,28,30,34H,2,10,14,16-19,21-22H2,1H3;7-9H,3-6H2,1-2H3;4,7H,1,5-6H2,2-3H3,(H,9,10). The van der Waals surface area contributed by atoms with E-state index in [1.807, 2.05) is 37.3 Å². The van der Waals surface area contributed by atoms with Crippen molar-refractivity contribution in [2.24, 2.45) is 11.3 Å². The summed E-state index contributed by atoms with van der Waals surface area (Å²) >= 11 is 0. The summed E-state index contributed by atoms with van der Waals surface area (Å²) in [6.45, 7) is 18.2. The number of ketones is 2. The number of phenols is 1. The lowest BCUT2D eigenvalue weighted by molar-refractivity contribution is -0.124. The zero-order chi connectivity index (χ0) is 45.1. The van der Waals surface area contributed by atoms with Crippen LogP contribution in [0.2, 0.25) is 0 Å². The molecule has 1 aliphatic carbocycles. The summed E-state index contributed by atoms with van der Waals surface area (Å²) in [5.41, 5.74) is 10.5. The van der Waals surface area contributed by atoms with Crippen molar-refractivity contribution in [3.63, 3.8) is 0 Å². The molecule has 4 aromatic rings. The van der Waals surface area contributed by atoms with Crippen LogP contribution in [0.15, 0.2) is 97.6 Å². The van der Waals surface area contributed by atoms with Crippen LogP contribution in [-0.2, 0) is 28.9 Å². The molecule has 9 heteroatoms. The highest BCUT2D eigenvalue weighted by molar-refractivity contribution is 6.07. The first-order chi connectivity index (χ1) is 30.4. The number of carbonyl (C=O) groups excluding carboxylic acids is 4. The fourth-order valence-corrected chi connectivity index (χ4v) is 10.1. The van der Waals surface area contributed by atoms with Crippen LogP contribution < -0.4 is 10.2 Å². The number of allylic oxidation sites excluding steroid dienone is 1. The van der Waals surface area contributed by atoms with E-state index < -0.39 is 0 Å². The number of nitrogens with one attached hydrogen (secondary N) is 1. The molecule has 3 unspecified atom stereocenters. The molecular weight excluding hydrogens is 785 g/mol. The van der Waals surface area contributed by atoms with Crippen LogP contribution in [0.3, 0.4) is 0 Å². The molecule has 2 saturated heterocycles. The van der Waals surface area contributed by atoms with Crippen LogP contribution in [0.25, 0.3) is 0 Å². The van der Waals surface area contributed by atoms with E-state index in [9.17, 15) is 24.3 Å². The Morgan fingerprint density at radius 3 is 1.98 bits per heavy atom. The maximum absolute atomic E-state index is 11.6. The second-order valence-electron chi connectivity index (χ2n) is 18.1. The molecule has 0 saturated carbocycles. The van der Waals surface area contributed by atoms with Gasteiger partial charge in [0.15, 0.2) is 11.6 Å². The molecule has 1 spiro atoms. The summed E-state index contributed by atoms with van der Waals surface area (Å²) in [5, 5.41) is 12.7. The minimum atomic E-state index is -0.0931. The molecule has 334 valence electrons. The molecule has 0 radical (unpaired) electrons. The van der Waals surface area contributed by atoms with Gasteiger partial charge in [-0.15, -0.1) is 6.58 Å². The normalized spacial score (nSPS) is 19.3. The zero-order valence-corrected chi connectivity index (χ0v) is 38.2. The van der Waals surface area contributed by atoms with Crippen molar-refractivity contribution in [2.75, 3.05) is 57.8 Å². The number of amides is 2. The summed E-state index contributed by atoms with van der Waals surface area (Å²) in [6.07, 6.45) is 10.7. The third-order valence-electron chi connectivity index (χ3n) is 13.9. The van der Waals surface area contributed by atoms with E-state index in [-0.39, 0.29) is 23.4 Å². The molecule has 0 bridgehead atoms. The molecule has 9 nitrogen and oxygen atoms in total. The van der Waals surface area contributed by atoms with Gasteiger partial charge in [-0.05, 0) is 153 Å². The Hall–Kier alpha value is -5.54. The van der Waals surface area contributed by atoms with Crippen molar-refractivity contribution in [3.8, 4) is 5.75 Å². The van der Waals surface area contributed by atoms with Crippen LogP contribution in [-0.4, -0.2) is 91.7 Å². The molecule has 4 aliphatic rings. The summed E-state index contributed by atoms with van der Waals surface area (Å²) in [6, 6.07) is 30.0. The first kappa shape index (κ1) is 47.0. The number of hydrogen-bond donors (Lipinski definition) is 2. The highest BCUT2D eigenvalue weighted by Gasteiger charge is 2.44. The number of carbonyl (C=O) groups is 4. The molecule has 3 atom stereocenters. The van der Waals surface area contributed by atoms with Gasteiger partial charge in [-0.2, -0.15) is 0 Å². The first-order valence-corrected chi connectivity index (χ1v) is 23.0. The van der Waals surface area contributed by atoms with Crippen LogP contribution in [0.4, 0.5) is 5.69 Å². The summed E-state index contributed by atoms with van der Waals surface area (Å²) < 4.78 is 0. The van der Waals surface area contributed by atoms with Crippen LogP contribution in [0.5, 0.6) is 5.75 Å². The Kier molecular flexibility index (Phi) is 16.2. The van der Waals surface area contributed by atoms with E-state index >= 15 is 0 Å². The van der Waals surface area contributed by atoms with Gasteiger partial charge in [-0.1, -0.05) is 68.5 Å². The van der Waals surface area contributed by atoms with Crippen molar-refractivity contribution in [3.05, 3.63) is 142 Å². The van der Waals surface area contributed by atoms with Gasteiger partial charge in [0.1, 0.15) is 5.75 Å². The van der Waals surface area contributed by atoms with Crippen molar-refractivity contribution in [1.29, 1.82) is 0 Å². The number of anilines is 1. The van der Waals surface area contributed by atoms with E-state index in [0.29, 0.717) is 47.2 Å². The van der Waals surface area contributed by atoms with Gasteiger partial charge in [0, 0.05) is 75.0 Å². The van der Waals surface area contributed by atoms with Gasteiger partial charge < -0.3 is 25.1 Å². The van der Waals surface area contributed by atoms with E-state index in [4.69, 9.17) is 0 Å². The summed E-state index contributed by atoms with van der Waals surface area (Å²) in [5.74, 6) is 1.20. The highest BCUT2D eigenvalue weighted by Crippen LogP contribution is 2.47. The number of Topliss-reactive ketones (excluding diaryl/α,β-unsaturated/α-hetero) is 2. The molecule has 3 aliphatic heterocycles. The number of aromatic hydroxyl groups is 1. The molecule has 4 aromatic carbocycles. The predicted molar refractivity (Wildman–Crippen MR) is 254 cm³/mol. The molecule has 8 rings (SSSR count). The number of rotatable bonds is 11. The molecular formula is C54H68N4O5.